The summed E-state index contributed by atoms with van der Waals surface area (Å²) >= 11 is 0. The molecule has 0 radical (unpaired) electrons. The molecule has 4 nitrogen and oxygen atoms in total. The number of aryl methyl sites for hydroxylation is 2. The Morgan fingerprint density at radius 2 is 1.62 bits per heavy atom. The van der Waals surface area contributed by atoms with Gasteiger partial charge in [0.15, 0.2) is 6.61 Å². The smallest absolute Gasteiger partial charge is 0.341 e. The summed E-state index contributed by atoms with van der Waals surface area (Å²) in [4.78, 5) is 11.5. The number of aliphatic carboxylic acids is 1. The van der Waals surface area contributed by atoms with Gasteiger partial charge in [-0.25, -0.2) is 4.79 Å². The van der Waals surface area contributed by atoms with Crippen molar-refractivity contribution in [1.29, 1.82) is 0 Å². The van der Waals surface area contributed by atoms with Crippen LogP contribution in [0.5, 0.6) is 5.75 Å². The molecule has 0 amide bonds. The molecule has 4 heteroatoms. The van der Waals surface area contributed by atoms with Crippen LogP contribution in [0.15, 0.2) is 72.8 Å². The number of carbonyl (C=O) groups is 1. The maximum atomic E-state index is 11.5. The summed E-state index contributed by atoms with van der Waals surface area (Å²) in [5, 5.41) is 9.41. The first kappa shape index (κ1) is 28.2. The number of hydrogen-bond acceptors (Lipinski definition) is 3. The Morgan fingerprint density at radius 1 is 0.975 bits per heavy atom. The second kappa shape index (κ2) is 12.0. The van der Waals surface area contributed by atoms with E-state index in [0.29, 0.717) is 11.7 Å². The number of ether oxygens (including phenoxy) is 2. The Bertz CT molecular complexity index is 1350. The van der Waals surface area contributed by atoms with Crippen molar-refractivity contribution in [2.24, 2.45) is 11.8 Å². The van der Waals surface area contributed by atoms with Gasteiger partial charge in [0.25, 0.3) is 0 Å². The van der Waals surface area contributed by atoms with E-state index in [1.54, 1.807) is 0 Å². The lowest BCUT2D eigenvalue weighted by atomic mass is 9.71. The van der Waals surface area contributed by atoms with E-state index >= 15 is 0 Å². The largest absolute Gasteiger partial charge is 0.481 e. The van der Waals surface area contributed by atoms with Gasteiger partial charge >= 0.3 is 5.97 Å². The maximum Gasteiger partial charge on any atom is 0.341 e. The Labute approximate surface area is 239 Å². The first-order chi connectivity index (χ1) is 19.2. The van der Waals surface area contributed by atoms with E-state index in [-0.39, 0.29) is 30.7 Å². The first-order valence-corrected chi connectivity index (χ1v) is 14.7. The van der Waals surface area contributed by atoms with Crippen LogP contribution in [0.2, 0.25) is 0 Å². The standard InChI is InChI=1S/C36H42O4/c1-22(2)30-20-31(28-17-15-27(16-18-28)26-11-7-6-8-12-26)35(29-13-9-10-14-29)40-36(30)33-24(4)19-23(3)25(5)34(33)39-21-32(37)38/h6-8,11-12,15-19,29-31,35-36H,1,9-10,13-14,20-21H2,2-5H3,(H,37,38)/t30-,31-,35+,36+/m0/s1. The van der Waals surface area contributed by atoms with E-state index in [2.05, 4.69) is 75.0 Å². The van der Waals surface area contributed by atoms with Gasteiger partial charge < -0.3 is 14.6 Å². The molecule has 3 aromatic rings. The van der Waals surface area contributed by atoms with E-state index in [1.807, 2.05) is 19.9 Å². The number of rotatable bonds is 8. The summed E-state index contributed by atoms with van der Waals surface area (Å²) in [7, 11) is 0. The van der Waals surface area contributed by atoms with Crippen LogP contribution in [-0.2, 0) is 9.53 Å². The van der Waals surface area contributed by atoms with Gasteiger partial charge in [-0.2, -0.15) is 0 Å². The fourth-order valence-corrected chi connectivity index (χ4v) is 6.97. The van der Waals surface area contributed by atoms with E-state index < -0.39 is 5.97 Å². The third-order valence-corrected chi connectivity index (χ3v) is 9.18. The highest BCUT2D eigenvalue weighted by Gasteiger charge is 2.45. The zero-order chi connectivity index (χ0) is 28.4. The fourth-order valence-electron chi connectivity index (χ4n) is 6.97. The third kappa shape index (κ3) is 5.74. The molecule has 1 saturated heterocycles. The minimum Gasteiger partial charge on any atom is -0.481 e. The van der Waals surface area contributed by atoms with Gasteiger partial charge in [-0.3, -0.25) is 0 Å². The van der Waals surface area contributed by atoms with Crippen LogP contribution in [0.1, 0.15) is 78.9 Å². The van der Waals surface area contributed by atoms with Crippen LogP contribution in [0.25, 0.3) is 11.1 Å². The molecule has 0 aromatic heterocycles. The normalized spacial score (nSPS) is 23.2. The minimum absolute atomic E-state index is 0.0824. The van der Waals surface area contributed by atoms with E-state index in [0.717, 1.165) is 34.2 Å². The van der Waals surface area contributed by atoms with Crippen molar-refractivity contribution in [3.8, 4) is 16.9 Å². The Morgan fingerprint density at radius 3 is 2.25 bits per heavy atom. The van der Waals surface area contributed by atoms with Crippen molar-refractivity contribution in [3.05, 3.63) is 101 Å². The number of hydrogen-bond donors (Lipinski definition) is 1. The second-order valence-corrected chi connectivity index (χ2v) is 11.9. The second-order valence-electron chi connectivity index (χ2n) is 11.9. The molecule has 4 atom stereocenters. The molecular weight excluding hydrogens is 496 g/mol. The molecule has 1 heterocycles. The van der Waals surface area contributed by atoms with Gasteiger partial charge in [0.1, 0.15) is 5.75 Å². The highest BCUT2D eigenvalue weighted by Crippen LogP contribution is 2.53. The fraction of sp³-hybridized carbons (Fsp3) is 0.417. The van der Waals surface area contributed by atoms with Crippen LogP contribution < -0.4 is 4.74 Å². The third-order valence-electron chi connectivity index (χ3n) is 9.18. The summed E-state index contributed by atoms with van der Waals surface area (Å²) in [5.74, 6) is 0.536. The zero-order valence-electron chi connectivity index (χ0n) is 24.3. The predicted molar refractivity (Wildman–Crippen MR) is 161 cm³/mol. The molecule has 1 saturated carbocycles. The minimum atomic E-state index is -0.978. The van der Waals surface area contributed by atoms with Crippen molar-refractivity contribution in [1.82, 2.24) is 0 Å². The number of carboxylic acid groups (broad SMARTS) is 1. The van der Waals surface area contributed by atoms with Crippen molar-refractivity contribution in [2.45, 2.75) is 77.9 Å². The molecule has 210 valence electrons. The van der Waals surface area contributed by atoms with Gasteiger partial charge in [-0.1, -0.05) is 85.7 Å². The molecule has 2 fully saturated rings. The Kier molecular flexibility index (Phi) is 8.46. The van der Waals surface area contributed by atoms with E-state index in [9.17, 15) is 9.90 Å². The Hall–Kier alpha value is -3.37. The van der Waals surface area contributed by atoms with Crippen LogP contribution in [0.3, 0.4) is 0 Å². The molecule has 5 rings (SSSR count). The van der Waals surface area contributed by atoms with Gasteiger partial charge in [-0.15, -0.1) is 0 Å². The molecule has 0 unspecified atom stereocenters. The van der Waals surface area contributed by atoms with Crippen molar-refractivity contribution in [2.75, 3.05) is 6.61 Å². The zero-order valence-corrected chi connectivity index (χ0v) is 24.3. The van der Waals surface area contributed by atoms with Gasteiger partial charge in [0.2, 0.25) is 0 Å². The van der Waals surface area contributed by atoms with E-state index in [4.69, 9.17) is 9.47 Å². The lowest BCUT2D eigenvalue weighted by Gasteiger charge is -2.46. The van der Waals surface area contributed by atoms with Gasteiger partial charge in [0, 0.05) is 17.4 Å². The lowest BCUT2D eigenvalue weighted by Crippen LogP contribution is -2.40. The lowest BCUT2D eigenvalue weighted by molar-refractivity contribution is -0.139. The molecule has 0 spiro atoms. The highest BCUT2D eigenvalue weighted by atomic mass is 16.5. The SMILES string of the molecule is C=C(C)[C@@H]1C[C@@H](c2ccc(-c3ccccc3)cc2)[C@@H](C2CCCC2)O[C@H]1c1c(C)cc(C)c(C)c1OCC(=O)O. The maximum absolute atomic E-state index is 11.5. The summed E-state index contributed by atoms with van der Waals surface area (Å²) in [6.45, 7) is 12.3. The molecular formula is C36H42O4. The van der Waals surface area contributed by atoms with Gasteiger partial charge in [-0.05, 0) is 86.3 Å². The molecule has 1 aliphatic heterocycles. The number of carboxylic acids is 1. The van der Waals surface area contributed by atoms with Crippen molar-refractivity contribution >= 4 is 5.97 Å². The van der Waals surface area contributed by atoms with Crippen LogP contribution >= 0.6 is 0 Å². The monoisotopic (exact) mass is 538 g/mol. The summed E-state index contributed by atoms with van der Waals surface area (Å²) in [6.07, 6.45) is 5.65. The number of benzene rings is 3. The molecule has 3 aromatic carbocycles. The quantitative estimate of drug-likeness (QED) is 0.291. The average molecular weight is 539 g/mol. The molecule has 1 N–H and O–H groups in total. The van der Waals surface area contributed by atoms with Crippen LogP contribution in [-0.4, -0.2) is 23.8 Å². The first-order valence-electron chi connectivity index (χ1n) is 14.7. The van der Waals surface area contributed by atoms with E-state index in [1.165, 1.54) is 42.4 Å². The van der Waals surface area contributed by atoms with Crippen LogP contribution in [0.4, 0.5) is 0 Å². The van der Waals surface area contributed by atoms with Gasteiger partial charge in [0.05, 0.1) is 12.2 Å². The highest BCUT2D eigenvalue weighted by molar-refractivity contribution is 5.69. The van der Waals surface area contributed by atoms with Crippen molar-refractivity contribution < 1.29 is 19.4 Å². The molecule has 0 bridgehead atoms. The summed E-state index contributed by atoms with van der Waals surface area (Å²) in [6, 6.07) is 21.7. The molecule has 2 aliphatic rings. The summed E-state index contributed by atoms with van der Waals surface area (Å²) in [5.41, 5.74) is 8.98. The summed E-state index contributed by atoms with van der Waals surface area (Å²) < 4.78 is 13.2. The average Bonchev–Trinajstić information content (AvgIpc) is 3.49. The molecule has 40 heavy (non-hydrogen) atoms. The van der Waals surface area contributed by atoms with Crippen molar-refractivity contribution in [3.63, 3.8) is 0 Å². The predicted octanol–water partition coefficient (Wildman–Crippen LogP) is 8.74. The van der Waals surface area contributed by atoms with Crippen LogP contribution in [0, 0.1) is 32.6 Å². The topological polar surface area (TPSA) is 55.8 Å². The Balaban J connectivity index is 1.55. The molecule has 1 aliphatic carbocycles.